The fraction of sp³-hybridized carbons (Fsp3) is 0.611. The Labute approximate surface area is 167 Å². The Morgan fingerprint density at radius 2 is 1.45 bits per heavy atom. The third-order valence-electron chi connectivity index (χ3n) is 4.05. The van der Waals surface area contributed by atoms with Gasteiger partial charge in [-0.05, 0) is 0 Å². The van der Waals surface area contributed by atoms with Crippen molar-refractivity contribution < 1.29 is 47.4 Å². The lowest BCUT2D eigenvalue weighted by Gasteiger charge is -2.42. The van der Waals surface area contributed by atoms with E-state index in [4.69, 9.17) is 23.7 Å². The molecule has 1 saturated heterocycles. The SMILES string of the molecule is CC(=O)OC[C@H]1O[C@@H](n2cc[n+](C)c2)[C@H](OC(C)=O)[C@@H](OC(C)=O)[C@@H]1OC(C)=O. The number of hydrogen-bond donors (Lipinski definition) is 0. The van der Waals surface area contributed by atoms with Gasteiger partial charge in [-0.15, -0.1) is 0 Å². The molecule has 2 heterocycles. The van der Waals surface area contributed by atoms with Crippen LogP contribution in [0.2, 0.25) is 0 Å². The van der Waals surface area contributed by atoms with E-state index in [0.717, 1.165) is 0 Å². The van der Waals surface area contributed by atoms with Gasteiger partial charge >= 0.3 is 23.9 Å². The van der Waals surface area contributed by atoms with Crippen molar-refractivity contribution in [3.63, 3.8) is 0 Å². The first-order valence-electron chi connectivity index (χ1n) is 8.91. The summed E-state index contributed by atoms with van der Waals surface area (Å²) in [6.07, 6.45) is -0.320. The van der Waals surface area contributed by atoms with Crippen molar-refractivity contribution in [2.75, 3.05) is 6.61 Å². The maximum atomic E-state index is 11.8. The van der Waals surface area contributed by atoms with Gasteiger partial charge in [0.05, 0.1) is 7.05 Å². The zero-order valence-corrected chi connectivity index (χ0v) is 16.9. The molecule has 1 fully saturated rings. The van der Waals surface area contributed by atoms with Crippen LogP contribution in [0.4, 0.5) is 0 Å². The van der Waals surface area contributed by atoms with Crippen molar-refractivity contribution >= 4 is 23.9 Å². The summed E-state index contributed by atoms with van der Waals surface area (Å²) in [6, 6.07) is 0. The van der Waals surface area contributed by atoms with Crippen LogP contribution in [0.5, 0.6) is 0 Å². The van der Waals surface area contributed by atoms with Gasteiger partial charge in [-0.3, -0.25) is 19.2 Å². The molecule has 0 radical (unpaired) electrons. The Hall–Kier alpha value is -2.95. The minimum Gasteiger partial charge on any atom is -0.463 e. The topological polar surface area (TPSA) is 123 Å². The van der Waals surface area contributed by atoms with Crippen molar-refractivity contribution in [2.24, 2.45) is 7.05 Å². The largest absolute Gasteiger partial charge is 0.463 e. The Balaban J connectivity index is 2.49. The number of carbonyl (C=O) groups excluding carboxylic acids is 4. The van der Waals surface area contributed by atoms with E-state index in [-0.39, 0.29) is 6.61 Å². The molecule has 0 N–H and O–H groups in total. The van der Waals surface area contributed by atoms with E-state index in [1.807, 2.05) is 0 Å². The predicted octanol–water partition coefficient (Wildman–Crippen LogP) is -0.432. The summed E-state index contributed by atoms with van der Waals surface area (Å²) in [5, 5.41) is 0. The molecule has 29 heavy (non-hydrogen) atoms. The fourth-order valence-electron chi connectivity index (χ4n) is 3.07. The van der Waals surface area contributed by atoms with Crippen molar-refractivity contribution in [1.29, 1.82) is 0 Å². The summed E-state index contributed by atoms with van der Waals surface area (Å²) in [6.45, 7) is 4.51. The summed E-state index contributed by atoms with van der Waals surface area (Å²) >= 11 is 0. The Bertz CT molecular complexity index is 775. The molecular weight excluding hydrogens is 388 g/mol. The number of nitrogens with zero attached hydrogens (tertiary/aromatic N) is 2. The Kier molecular flexibility index (Phi) is 7.32. The number of imidazole rings is 1. The van der Waals surface area contributed by atoms with E-state index in [1.165, 1.54) is 27.7 Å². The highest BCUT2D eigenvalue weighted by molar-refractivity contribution is 5.68. The lowest BCUT2D eigenvalue weighted by Crippen LogP contribution is -2.60. The van der Waals surface area contributed by atoms with Crippen molar-refractivity contribution in [3.8, 4) is 0 Å². The summed E-state index contributed by atoms with van der Waals surface area (Å²) in [5.41, 5.74) is 0. The second-order valence-corrected chi connectivity index (χ2v) is 6.62. The van der Waals surface area contributed by atoms with Crippen LogP contribution < -0.4 is 4.57 Å². The number of ether oxygens (including phenoxy) is 5. The number of aromatic nitrogens is 2. The van der Waals surface area contributed by atoms with Crippen LogP contribution in [0.1, 0.15) is 33.9 Å². The quantitative estimate of drug-likeness (QED) is 0.347. The number of esters is 4. The van der Waals surface area contributed by atoms with Gasteiger partial charge in [-0.1, -0.05) is 0 Å². The molecule has 11 nitrogen and oxygen atoms in total. The van der Waals surface area contributed by atoms with Crippen LogP contribution in [0.15, 0.2) is 18.7 Å². The third-order valence-corrected chi connectivity index (χ3v) is 4.05. The zero-order chi connectivity index (χ0) is 21.7. The predicted molar refractivity (Wildman–Crippen MR) is 92.8 cm³/mol. The van der Waals surface area contributed by atoms with Gasteiger partial charge in [0.15, 0.2) is 12.2 Å². The molecular formula is C18H25N2O9+. The first-order valence-corrected chi connectivity index (χ1v) is 8.91. The average molecular weight is 413 g/mol. The van der Waals surface area contributed by atoms with Crippen LogP contribution >= 0.6 is 0 Å². The highest BCUT2D eigenvalue weighted by Gasteiger charge is 2.54. The van der Waals surface area contributed by atoms with Gasteiger partial charge in [0.25, 0.3) is 0 Å². The lowest BCUT2D eigenvalue weighted by atomic mass is 9.97. The van der Waals surface area contributed by atoms with Gasteiger partial charge in [-0.25, -0.2) is 9.13 Å². The summed E-state index contributed by atoms with van der Waals surface area (Å²) < 4.78 is 30.5. The van der Waals surface area contributed by atoms with E-state index in [0.29, 0.717) is 0 Å². The molecule has 1 aliphatic heterocycles. The molecule has 0 amide bonds. The highest BCUT2D eigenvalue weighted by Crippen LogP contribution is 2.34. The van der Waals surface area contributed by atoms with Crippen LogP contribution in [0.25, 0.3) is 0 Å². The van der Waals surface area contributed by atoms with Crippen LogP contribution in [0.3, 0.4) is 0 Å². The molecule has 0 aliphatic carbocycles. The second-order valence-electron chi connectivity index (χ2n) is 6.62. The summed E-state index contributed by atoms with van der Waals surface area (Å²) in [7, 11) is 1.78. The van der Waals surface area contributed by atoms with Crippen LogP contribution in [-0.2, 0) is 49.9 Å². The van der Waals surface area contributed by atoms with E-state index in [2.05, 4.69) is 0 Å². The fourth-order valence-corrected chi connectivity index (χ4v) is 3.07. The molecule has 11 heteroatoms. The van der Waals surface area contributed by atoms with E-state index in [9.17, 15) is 19.2 Å². The Morgan fingerprint density at radius 1 is 0.897 bits per heavy atom. The van der Waals surface area contributed by atoms with Crippen LogP contribution in [0, 0.1) is 0 Å². The van der Waals surface area contributed by atoms with Crippen LogP contribution in [-0.4, -0.2) is 59.5 Å². The zero-order valence-electron chi connectivity index (χ0n) is 16.9. The van der Waals surface area contributed by atoms with Gasteiger partial charge in [-0.2, -0.15) is 0 Å². The first kappa shape index (κ1) is 22.3. The van der Waals surface area contributed by atoms with Crippen molar-refractivity contribution in [1.82, 2.24) is 4.57 Å². The first-order chi connectivity index (χ1) is 13.6. The Morgan fingerprint density at radius 3 is 1.93 bits per heavy atom. The summed E-state index contributed by atoms with van der Waals surface area (Å²) in [5.74, 6) is -2.55. The number of aryl methyl sites for hydroxylation is 1. The molecule has 0 bridgehead atoms. The molecule has 2 rings (SSSR count). The smallest absolute Gasteiger partial charge is 0.303 e. The normalized spacial score (nSPS) is 26.3. The molecule has 0 spiro atoms. The number of carbonyl (C=O) groups is 4. The molecule has 160 valence electrons. The van der Waals surface area contributed by atoms with Gasteiger partial charge in [0.1, 0.15) is 25.1 Å². The molecule has 5 atom stereocenters. The standard InChI is InChI=1S/C18H25N2O9/c1-10(21)25-8-14-15(26-11(2)22)16(27-12(3)23)17(28-13(4)24)18(29-14)20-7-6-19(5)9-20/h6-7,9,14-18H,8H2,1-5H3/q+1/t14-,15-,16+,17-,18-/m1/s1. The van der Waals surface area contributed by atoms with E-state index in [1.54, 1.807) is 34.9 Å². The lowest BCUT2D eigenvalue weighted by molar-refractivity contribution is -0.671. The van der Waals surface area contributed by atoms with E-state index >= 15 is 0 Å². The van der Waals surface area contributed by atoms with Crippen molar-refractivity contribution in [3.05, 3.63) is 18.7 Å². The minimum absolute atomic E-state index is 0.262. The monoisotopic (exact) mass is 413 g/mol. The average Bonchev–Trinajstić information content (AvgIpc) is 3.01. The number of rotatable bonds is 6. The van der Waals surface area contributed by atoms with Crippen molar-refractivity contribution in [2.45, 2.75) is 58.3 Å². The molecule has 0 saturated carbocycles. The van der Waals surface area contributed by atoms with Gasteiger partial charge in [0, 0.05) is 27.7 Å². The highest BCUT2D eigenvalue weighted by atomic mass is 16.7. The molecule has 1 aromatic heterocycles. The minimum atomic E-state index is -1.19. The van der Waals surface area contributed by atoms with Gasteiger partial charge in [0.2, 0.25) is 18.7 Å². The van der Waals surface area contributed by atoms with E-state index < -0.39 is 54.5 Å². The summed E-state index contributed by atoms with van der Waals surface area (Å²) in [4.78, 5) is 46.5. The van der Waals surface area contributed by atoms with Gasteiger partial charge < -0.3 is 23.7 Å². The molecule has 0 unspecified atom stereocenters. The maximum Gasteiger partial charge on any atom is 0.303 e. The molecule has 0 aromatic carbocycles. The molecule has 1 aromatic rings. The molecule has 1 aliphatic rings. The maximum absolute atomic E-state index is 11.8. The number of hydrogen-bond acceptors (Lipinski definition) is 9. The second kappa shape index (κ2) is 9.50. The third kappa shape index (κ3) is 6.01.